The highest BCUT2D eigenvalue weighted by Gasteiger charge is 2.33. The minimum atomic E-state index is -0.842. The van der Waals surface area contributed by atoms with E-state index in [9.17, 15) is 4.79 Å². The van der Waals surface area contributed by atoms with Crippen LogP contribution in [0.15, 0.2) is 29.4 Å². The molecule has 0 bridgehead atoms. The van der Waals surface area contributed by atoms with E-state index in [4.69, 9.17) is 15.7 Å². The molecule has 6 nitrogen and oxygen atoms in total. The van der Waals surface area contributed by atoms with E-state index in [2.05, 4.69) is 10.5 Å². The number of amides is 1. The number of hydrogen-bond donors (Lipinski definition) is 3. The number of ether oxygens (including phenoxy) is 1. The number of hydrogen-bond acceptors (Lipinski definition) is 4. The number of benzene rings is 1. The van der Waals surface area contributed by atoms with E-state index in [0.717, 1.165) is 0 Å². The molecular weight excluding hydrogens is 258 g/mol. The number of nitrogens with zero attached hydrogens (tertiary/aromatic N) is 1. The molecule has 1 amide bonds. The van der Waals surface area contributed by atoms with Gasteiger partial charge in [0, 0.05) is 5.56 Å². The highest BCUT2D eigenvalue weighted by atomic mass is 16.5. The lowest BCUT2D eigenvalue weighted by molar-refractivity contribution is 0.0918. The maximum Gasteiger partial charge on any atom is 0.252 e. The molecule has 1 aromatic carbocycles. The molecule has 0 aliphatic heterocycles. The monoisotopic (exact) mass is 279 g/mol. The number of nitrogens with two attached hydrogens (primary N) is 1. The molecule has 20 heavy (non-hydrogen) atoms. The Kier molecular flexibility index (Phi) is 5.37. The summed E-state index contributed by atoms with van der Waals surface area (Å²) < 4.78 is 5.04. The van der Waals surface area contributed by atoms with E-state index in [1.807, 2.05) is 13.8 Å². The Hall–Kier alpha value is -2.24. The Morgan fingerprint density at radius 2 is 1.90 bits per heavy atom. The fourth-order valence-electron chi connectivity index (χ4n) is 1.98. The predicted molar refractivity (Wildman–Crippen MR) is 77.2 cm³/mol. The van der Waals surface area contributed by atoms with Crippen LogP contribution in [0.25, 0.3) is 0 Å². The molecule has 0 saturated carbocycles. The second kappa shape index (κ2) is 6.79. The molecule has 0 fully saturated rings. The first-order chi connectivity index (χ1) is 9.52. The van der Waals surface area contributed by atoms with Crippen LogP contribution in [0, 0.1) is 0 Å². The van der Waals surface area contributed by atoms with Crippen LogP contribution in [-0.4, -0.2) is 29.6 Å². The van der Waals surface area contributed by atoms with Crippen molar-refractivity contribution in [3.8, 4) is 5.75 Å². The summed E-state index contributed by atoms with van der Waals surface area (Å²) in [5.74, 6) is 0.405. The third-order valence-electron chi connectivity index (χ3n) is 3.51. The molecule has 0 heterocycles. The maximum atomic E-state index is 12.3. The van der Waals surface area contributed by atoms with Crippen molar-refractivity contribution in [3.63, 3.8) is 0 Å². The first kappa shape index (κ1) is 15.8. The minimum absolute atomic E-state index is 0.00404. The van der Waals surface area contributed by atoms with Crippen molar-refractivity contribution in [1.82, 2.24) is 5.32 Å². The van der Waals surface area contributed by atoms with Crippen molar-refractivity contribution in [2.75, 3.05) is 7.11 Å². The topological polar surface area (TPSA) is 96.9 Å². The van der Waals surface area contributed by atoms with E-state index in [1.54, 1.807) is 31.4 Å². The van der Waals surface area contributed by atoms with Gasteiger partial charge in [-0.25, -0.2) is 0 Å². The zero-order chi connectivity index (χ0) is 15.2. The molecule has 0 aliphatic rings. The van der Waals surface area contributed by atoms with E-state index >= 15 is 0 Å². The molecule has 4 N–H and O–H groups in total. The van der Waals surface area contributed by atoms with Crippen LogP contribution in [-0.2, 0) is 0 Å². The maximum absolute atomic E-state index is 12.3. The van der Waals surface area contributed by atoms with E-state index in [0.29, 0.717) is 24.2 Å². The third-order valence-corrected chi connectivity index (χ3v) is 3.51. The molecular formula is C14H21N3O3. The largest absolute Gasteiger partial charge is 0.497 e. The van der Waals surface area contributed by atoms with Crippen molar-refractivity contribution in [2.24, 2.45) is 10.9 Å². The quantitative estimate of drug-likeness (QED) is 0.320. The molecule has 0 spiro atoms. The fourth-order valence-corrected chi connectivity index (χ4v) is 1.98. The van der Waals surface area contributed by atoms with E-state index in [1.165, 1.54) is 0 Å². The summed E-state index contributed by atoms with van der Waals surface area (Å²) in [5.41, 5.74) is 5.36. The average Bonchev–Trinajstić information content (AvgIpc) is 2.51. The van der Waals surface area contributed by atoms with Gasteiger partial charge in [0.15, 0.2) is 5.84 Å². The number of carbonyl (C=O) groups is 1. The van der Waals surface area contributed by atoms with Gasteiger partial charge in [-0.05, 0) is 37.1 Å². The summed E-state index contributed by atoms with van der Waals surface area (Å²) in [5, 5.41) is 14.8. The molecule has 1 aromatic rings. The molecule has 0 aromatic heterocycles. The molecule has 6 heteroatoms. The average molecular weight is 279 g/mol. The van der Waals surface area contributed by atoms with E-state index in [-0.39, 0.29) is 11.7 Å². The van der Waals surface area contributed by atoms with Crippen LogP contribution in [0.1, 0.15) is 37.0 Å². The lowest BCUT2D eigenvalue weighted by atomic mass is 9.91. The van der Waals surface area contributed by atoms with Gasteiger partial charge in [-0.1, -0.05) is 19.0 Å². The fraction of sp³-hybridized carbons (Fsp3) is 0.429. The lowest BCUT2D eigenvalue weighted by Gasteiger charge is -2.31. The second-order valence-electron chi connectivity index (χ2n) is 4.46. The predicted octanol–water partition coefficient (Wildman–Crippen LogP) is 1.73. The van der Waals surface area contributed by atoms with Gasteiger partial charge in [0.2, 0.25) is 0 Å². The first-order valence-corrected chi connectivity index (χ1v) is 6.47. The number of nitrogens with one attached hydrogen (secondary N) is 1. The Bertz CT molecular complexity index is 479. The number of methoxy groups -OCH3 is 1. The molecule has 0 unspecified atom stereocenters. The molecule has 0 aliphatic carbocycles. The van der Waals surface area contributed by atoms with Crippen LogP contribution >= 0.6 is 0 Å². The smallest absolute Gasteiger partial charge is 0.252 e. The normalized spacial score (nSPS) is 12.1. The molecule has 0 atom stereocenters. The number of oxime groups is 1. The van der Waals surface area contributed by atoms with Gasteiger partial charge in [0.05, 0.1) is 7.11 Å². The third kappa shape index (κ3) is 3.20. The summed E-state index contributed by atoms with van der Waals surface area (Å²) in [6, 6.07) is 6.74. The molecule has 0 radical (unpaired) electrons. The van der Waals surface area contributed by atoms with Gasteiger partial charge in [-0.3, -0.25) is 4.79 Å². The summed E-state index contributed by atoms with van der Waals surface area (Å²) in [7, 11) is 1.56. The van der Waals surface area contributed by atoms with Gasteiger partial charge < -0.3 is 21.0 Å². The number of amidine groups is 1. The zero-order valence-corrected chi connectivity index (χ0v) is 12.0. The van der Waals surface area contributed by atoms with Crippen LogP contribution in [0.5, 0.6) is 5.75 Å². The van der Waals surface area contributed by atoms with Crippen molar-refractivity contribution >= 4 is 11.7 Å². The van der Waals surface area contributed by atoms with Crippen LogP contribution < -0.4 is 15.8 Å². The van der Waals surface area contributed by atoms with Crippen molar-refractivity contribution in [2.45, 2.75) is 32.2 Å². The van der Waals surface area contributed by atoms with Crippen molar-refractivity contribution < 1.29 is 14.7 Å². The zero-order valence-electron chi connectivity index (χ0n) is 12.0. The first-order valence-electron chi connectivity index (χ1n) is 6.47. The lowest BCUT2D eigenvalue weighted by Crippen LogP contribution is -2.56. The van der Waals surface area contributed by atoms with Crippen LogP contribution in [0.3, 0.4) is 0 Å². The summed E-state index contributed by atoms with van der Waals surface area (Å²) in [6.45, 7) is 3.74. The number of carbonyl (C=O) groups excluding carboxylic acids is 1. The standard InChI is InChI=1S/C14H21N3O3/c1-4-14(5-2,13(15)17-19)16-12(18)10-6-8-11(20-3)9-7-10/h6-9,19H,4-5H2,1-3H3,(H2,15,17)(H,16,18). The van der Waals surface area contributed by atoms with Crippen LogP contribution in [0.2, 0.25) is 0 Å². The Morgan fingerprint density at radius 1 is 1.35 bits per heavy atom. The van der Waals surface area contributed by atoms with Gasteiger partial charge in [-0.2, -0.15) is 0 Å². The Labute approximate surface area is 118 Å². The second-order valence-corrected chi connectivity index (χ2v) is 4.46. The SMILES string of the molecule is CCC(CC)(NC(=O)c1ccc(OC)cc1)/C(N)=N/O. The van der Waals surface area contributed by atoms with Gasteiger partial charge >= 0.3 is 0 Å². The number of rotatable bonds is 6. The van der Waals surface area contributed by atoms with Gasteiger partial charge in [-0.15, -0.1) is 0 Å². The Morgan fingerprint density at radius 3 is 2.30 bits per heavy atom. The minimum Gasteiger partial charge on any atom is -0.497 e. The van der Waals surface area contributed by atoms with Crippen LogP contribution in [0.4, 0.5) is 0 Å². The summed E-state index contributed by atoms with van der Waals surface area (Å²) >= 11 is 0. The van der Waals surface area contributed by atoms with E-state index < -0.39 is 5.54 Å². The molecule has 0 saturated heterocycles. The van der Waals surface area contributed by atoms with Crippen molar-refractivity contribution in [3.05, 3.63) is 29.8 Å². The summed E-state index contributed by atoms with van der Waals surface area (Å²) in [6.07, 6.45) is 1.06. The van der Waals surface area contributed by atoms with Gasteiger partial charge in [0.1, 0.15) is 11.3 Å². The summed E-state index contributed by atoms with van der Waals surface area (Å²) in [4.78, 5) is 12.3. The molecule has 110 valence electrons. The highest BCUT2D eigenvalue weighted by Crippen LogP contribution is 2.18. The Balaban J connectivity index is 2.96. The van der Waals surface area contributed by atoms with Crippen molar-refractivity contribution in [1.29, 1.82) is 0 Å². The van der Waals surface area contributed by atoms with Gasteiger partial charge in [0.25, 0.3) is 5.91 Å². The molecule has 1 rings (SSSR count). The highest BCUT2D eigenvalue weighted by molar-refractivity contribution is 6.00.